The summed E-state index contributed by atoms with van der Waals surface area (Å²) in [6, 6.07) is 11.3. The number of benzene rings is 2. The summed E-state index contributed by atoms with van der Waals surface area (Å²) in [5.41, 5.74) is 3.55. The van der Waals surface area contributed by atoms with E-state index in [1.54, 1.807) is 49.9 Å². The molecule has 1 aliphatic carbocycles. The maximum absolute atomic E-state index is 12.1. The zero-order chi connectivity index (χ0) is 30.9. The highest BCUT2D eigenvalue weighted by atomic mass is 35.5. The largest absolute Gasteiger partial charge is 0.514 e. The predicted molar refractivity (Wildman–Crippen MR) is 174 cm³/mol. The number of aryl methyl sites for hydroxylation is 1. The van der Waals surface area contributed by atoms with Crippen LogP contribution in [-0.2, 0) is 16.6 Å². The van der Waals surface area contributed by atoms with Crippen LogP contribution in [0, 0.1) is 0 Å². The second kappa shape index (κ2) is 12.6. The van der Waals surface area contributed by atoms with Gasteiger partial charge in [-0.1, -0.05) is 46.9 Å². The number of ether oxygens (including phenoxy) is 3. The Kier molecular flexibility index (Phi) is 9.06. The van der Waals surface area contributed by atoms with Crippen molar-refractivity contribution in [2.75, 3.05) is 11.9 Å². The van der Waals surface area contributed by atoms with Crippen LogP contribution in [0.1, 0.15) is 52.0 Å². The van der Waals surface area contributed by atoms with E-state index < -0.39 is 11.8 Å². The molecule has 0 bridgehead atoms. The topological polar surface area (TPSA) is 68.9 Å². The third-order valence-electron chi connectivity index (χ3n) is 6.84. The van der Waals surface area contributed by atoms with Gasteiger partial charge in [0.05, 0.1) is 16.8 Å². The molecule has 2 heterocycles. The fourth-order valence-electron chi connectivity index (χ4n) is 4.79. The first kappa shape index (κ1) is 30.9. The molecule has 0 atom stereocenters. The summed E-state index contributed by atoms with van der Waals surface area (Å²) in [6.07, 6.45) is 10.5. The molecule has 224 valence electrons. The molecule has 0 saturated heterocycles. The van der Waals surface area contributed by atoms with Gasteiger partial charge in [0.25, 0.3) is 5.01 Å². The smallest absolute Gasteiger partial charge is 0.428 e. The molecule has 0 amide bonds. The number of aromatic nitrogens is 1. The highest BCUT2D eigenvalue weighted by molar-refractivity contribution is 8.03. The van der Waals surface area contributed by atoms with Gasteiger partial charge in [0.1, 0.15) is 28.8 Å². The number of carbonyl (C=O) groups excluding carboxylic acids is 2. The first-order chi connectivity index (χ1) is 20.4. The van der Waals surface area contributed by atoms with E-state index in [0.29, 0.717) is 11.5 Å². The third kappa shape index (κ3) is 7.34. The number of hydrogen-bond donors (Lipinski definition) is 0. The van der Waals surface area contributed by atoms with Gasteiger partial charge < -0.3 is 19.1 Å². The van der Waals surface area contributed by atoms with Crippen LogP contribution in [0.4, 0.5) is 10.5 Å². The minimum atomic E-state index is -0.723. The first-order valence-corrected chi connectivity index (χ1v) is 15.9. The summed E-state index contributed by atoms with van der Waals surface area (Å²) in [5.74, 6) is 0.638. The van der Waals surface area contributed by atoms with Crippen LogP contribution in [0.25, 0.3) is 16.3 Å². The van der Waals surface area contributed by atoms with Crippen LogP contribution in [-0.4, -0.2) is 24.8 Å². The van der Waals surface area contributed by atoms with Gasteiger partial charge in [0.2, 0.25) is 5.52 Å². The Balaban J connectivity index is 1.32. The molecule has 7 nitrogen and oxygen atoms in total. The predicted octanol–water partition coefficient (Wildman–Crippen LogP) is 8.66. The van der Waals surface area contributed by atoms with Crippen molar-refractivity contribution in [1.29, 1.82) is 0 Å². The number of rotatable bonds is 5. The van der Waals surface area contributed by atoms with Crippen molar-refractivity contribution < 1.29 is 28.4 Å². The van der Waals surface area contributed by atoms with Gasteiger partial charge >= 0.3 is 12.1 Å². The number of esters is 1. The lowest BCUT2D eigenvalue weighted by atomic mass is 9.94. The van der Waals surface area contributed by atoms with Gasteiger partial charge in [-0.2, -0.15) is 4.57 Å². The molecular formula is C33H34ClN2O5S2+. The van der Waals surface area contributed by atoms with Crippen LogP contribution >= 0.6 is 34.7 Å². The summed E-state index contributed by atoms with van der Waals surface area (Å²) in [7, 11) is 4.00. The van der Waals surface area contributed by atoms with E-state index in [4.69, 9.17) is 25.8 Å². The molecule has 1 aromatic heterocycles. The highest BCUT2D eigenvalue weighted by Gasteiger charge is 2.24. The summed E-state index contributed by atoms with van der Waals surface area (Å²) < 4.78 is 19.1. The maximum Gasteiger partial charge on any atom is 0.514 e. The van der Waals surface area contributed by atoms with E-state index in [0.717, 1.165) is 66.3 Å². The van der Waals surface area contributed by atoms with Crippen molar-refractivity contribution in [3.8, 4) is 11.5 Å². The van der Waals surface area contributed by atoms with E-state index in [1.807, 2.05) is 44.4 Å². The number of anilines is 1. The Hall–Kier alpha value is -3.53. The normalized spacial score (nSPS) is 17.3. The third-order valence-corrected chi connectivity index (χ3v) is 9.69. The molecule has 0 N–H and O–H groups in total. The summed E-state index contributed by atoms with van der Waals surface area (Å²) >= 11 is 10.3. The van der Waals surface area contributed by atoms with Crippen molar-refractivity contribution in [3.63, 3.8) is 0 Å². The number of hydrogen-bond acceptors (Lipinski definition) is 8. The van der Waals surface area contributed by atoms with Gasteiger partial charge in [0, 0.05) is 36.0 Å². The number of thiazole rings is 1. The fraction of sp³-hybridized carbons (Fsp3) is 0.303. The van der Waals surface area contributed by atoms with Crippen LogP contribution in [0.5, 0.6) is 11.5 Å². The number of halogens is 1. The second-order valence-electron chi connectivity index (χ2n) is 11.3. The molecular weight excluding hydrogens is 604 g/mol. The summed E-state index contributed by atoms with van der Waals surface area (Å²) in [6.45, 7) is 6.80. The molecule has 0 radical (unpaired) electrons. The molecule has 2 aliphatic rings. The lowest BCUT2D eigenvalue weighted by Gasteiger charge is -2.19. The first-order valence-electron chi connectivity index (χ1n) is 13.9. The molecule has 0 saturated carbocycles. The molecule has 0 fully saturated rings. The highest BCUT2D eigenvalue weighted by Crippen LogP contribution is 2.47. The zero-order valence-electron chi connectivity index (χ0n) is 25.0. The standard InChI is InChI=1S/C33H34ClN2O5S2/c1-20(37)39-23-12-14-27-25(18-23)35(5)29(42-27)16-10-21-8-7-9-22(31(21)34)11-17-30-36(6)26-19-24(13-15-28(26)43-30)40-32(38)41-33(2,3)4/h10-19H,7-9H2,1-6H3/q+1. The van der Waals surface area contributed by atoms with Crippen molar-refractivity contribution in [2.45, 2.75) is 57.5 Å². The lowest BCUT2D eigenvalue weighted by molar-refractivity contribution is -0.642. The van der Waals surface area contributed by atoms with Crippen molar-refractivity contribution in [1.82, 2.24) is 0 Å². The minimum absolute atomic E-state index is 0.336. The number of fused-ring (bicyclic) bond motifs is 2. The number of carbonyl (C=O) groups is 2. The summed E-state index contributed by atoms with van der Waals surface area (Å²) in [5, 5.41) is 2.91. The second-order valence-corrected chi connectivity index (χ2v) is 13.8. The maximum atomic E-state index is 12.1. The van der Waals surface area contributed by atoms with E-state index in [9.17, 15) is 9.59 Å². The number of nitrogens with zero attached hydrogens (tertiary/aromatic N) is 2. The van der Waals surface area contributed by atoms with E-state index >= 15 is 0 Å². The molecule has 1 aliphatic heterocycles. The Morgan fingerprint density at radius 1 is 1.02 bits per heavy atom. The van der Waals surface area contributed by atoms with Crippen molar-refractivity contribution in [3.05, 3.63) is 80.8 Å². The Bertz CT molecular complexity index is 1730. The molecule has 3 aromatic rings. The van der Waals surface area contributed by atoms with Gasteiger partial charge in [-0.15, -0.1) is 0 Å². The SMILES string of the molecule is CC(=O)Oc1ccc2sc(/C=C/C3=C(Cl)C(=C/C=C4\Sc5ccc(OC(=O)OC(C)(C)C)cc5N4C)/CCC3)[n+](C)c2c1. The van der Waals surface area contributed by atoms with Crippen molar-refractivity contribution in [2.24, 2.45) is 7.05 Å². The number of thioether (sulfide) groups is 1. The van der Waals surface area contributed by atoms with Gasteiger partial charge in [-0.05, 0) is 81.5 Å². The Labute approximate surface area is 265 Å². The Morgan fingerprint density at radius 2 is 1.77 bits per heavy atom. The van der Waals surface area contributed by atoms with Crippen LogP contribution in [0.15, 0.2) is 80.7 Å². The Morgan fingerprint density at radius 3 is 2.51 bits per heavy atom. The molecule has 43 heavy (non-hydrogen) atoms. The summed E-state index contributed by atoms with van der Waals surface area (Å²) in [4.78, 5) is 26.6. The quantitative estimate of drug-likeness (QED) is 0.120. The molecule has 10 heteroatoms. The van der Waals surface area contributed by atoms with E-state index in [-0.39, 0.29) is 5.97 Å². The van der Waals surface area contributed by atoms with E-state index in [2.05, 4.69) is 33.8 Å². The van der Waals surface area contributed by atoms with Crippen LogP contribution < -0.4 is 18.9 Å². The van der Waals surface area contributed by atoms with Crippen molar-refractivity contribution >= 4 is 68.8 Å². The molecule has 0 unspecified atom stereocenters. The number of allylic oxidation sites excluding steroid dienone is 6. The van der Waals surface area contributed by atoms with Crippen LogP contribution in [0.2, 0.25) is 0 Å². The lowest BCUT2D eigenvalue weighted by Crippen LogP contribution is -2.28. The minimum Gasteiger partial charge on any atom is -0.428 e. The van der Waals surface area contributed by atoms with Gasteiger partial charge in [-0.25, -0.2) is 4.79 Å². The van der Waals surface area contributed by atoms with Crippen LogP contribution in [0.3, 0.4) is 0 Å². The molecule has 2 aromatic carbocycles. The average Bonchev–Trinajstić information content (AvgIpc) is 3.41. The van der Waals surface area contributed by atoms with Gasteiger partial charge in [0.15, 0.2) is 0 Å². The van der Waals surface area contributed by atoms with Gasteiger partial charge in [-0.3, -0.25) is 4.79 Å². The molecule has 0 spiro atoms. The average molecular weight is 638 g/mol. The molecule has 5 rings (SSSR count). The zero-order valence-corrected chi connectivity index (χ0v) is 27.4. The fourth-order valence-corrected chi connectivity index (χ4v) is 7.18. The monoisotopic (exact) mass is 637 g/mol. The van der Waals surface area contributed by atoms with E-state index in [1.165, 1.54) is 6.92 Å².